The monoisotopic (exact) mass is 468 g/mol. The van der Waals surface area contributed by atoms with Crippen LogP contribution in [-0.2, 0) is 6.54 Å². The number of ether oxygens (including phenoxy) is 1. The Morgan fingerprint density at radius 3 is 2.56 bits per heavy atom. The molecule has 5 N–H and O–H groups in total. The van der Waals surface area contributed by atoms with Crippen LogP contribution < -0.4 is 21.6 Å². The van der Waals surface area contributed by atoms with Crippen molar-refractivity contribution in [2.75, 3.05) is 21.2 Å². The zero-order valence-corrected chi connectivity index (χ0v) is 20.5. The van der Waals surface area contributed by atoms with Crippen molar-refractivity contribution in [2.24, 2.45) is 22.6 Å². The van der Waals surface area contributed by atoms with E-state index in [2.05, 4.69) is 32.5 Å². The third-order valence-electron chi connectivity index (χ3n) is 4.81. The van der Waals surface area contributed by atoms with Gasteiger partial charge in [0.25, 0.3) is 0 Å². The molecule has 0 spiro atoms. The van der Waals surface area contributed by atoms with E-state index in [1.165, 1.54) is 37.9 Å². The summed E-state index contributed by atoms with van der Waals surface area (Å²) >= 11 is 0. The Bertz CT molecular complexity index is 950. The number of carbonyl (C=O) groups excluding carboxylic acids is 1. The Balaban J connectivity index is 0.000000268. The van der Waals surface area contributed by atoms with Crippen LogP contribution in [0.2, 0.25) is 0 Å². The standard InChI is InChI=1S/C9H13NO.C8H12N6O.C7H11N/c1-10-7-8-4-3-5-9(6-8)11-2;1-5-11-6(4-15)3-7(12-5)8(9)13-14(2)10;8-6-7-4-2-1-3-5-7/h3-6,10H,7H2,1-2H3;3-4H,10H2,1-2H3,(H2,9,13);7H,1-5H2. The summed E-state index contributed by atoms with van der Waals surface area (Å²) < 4.78 is 5.07. The molecule has 1 aliphatic rings. The van der Waals surface area contributed by atoms with Gasteiger partial charge in [0.2, 0.25) is 0 Å². The van der Waals surface area contributed by atoms with E-state index in [4.69, 9.17) is 21.6 Å². The molecule has 0 amide bonds. The molecule has 0 atom stereocenters. The van der Waals surface area contributed by atoms with Crippen molar-refractivity contribution in [3.05, 3.63) is 53.1 Å². The number of aryl methyl sites for hydroxylation is 1. The van der Waals surface area contributed by atoms with E-state index >= 15 is 0 Å². The topological polar surface area (TPSA) is 156 Å². The van der Waals surface area contributed by atoms with Crippen molar-refractivity contribution in [3.8, 4) is 11.8 Å². The van der Waals surface area contributed by atoms with Gasteiger partial charge in [-0.1, -0.05) is 31.4 Å². The molecule has 1 saturated carbocycles. The number of benzene rings is 1. The van der Waals surface area contributed by atoms with E-state index in [0.29, 0.717) is 23.7 Å². The lowest BCUT2D eigenvalue weighted by molar-refractivity contribution is 0.111. The molecule has 1 aromatic heterocycles. The molecule has 2 aromatic rings. The number of hydrogen-bond donors (Lipinski definition) is 3. The number of methoxy groups -OCH3 is 1. The first-order valence-electron chi connectivity index (χ1n) is 11.1. The molecule has 0 aliphatic heterocycles. The number of aromatic nitrogens is 2. The minimum absolute atomic E-state index is 0.133. The second-order valence-corrected chi connectivity index (χ2v) is 7.75. The number of nitrogens with zero attached hydrogens (tertiary/aromatic N) is 5. The predicted octanol–water partition coefficient (Wildman–Crippen LogP) is 2.53. The molecule has 0 bridgehead atoms. The van der Waals surface area contributed by atoms with Crippen LogP contribution in [0.15, 0.2) is 35.4 Å². The molecular formula is C24H36N8O2. The SMILES string of the molecule is CNCc1cccc(OC)c1.Cc1nc(C=O)cc(/C(N)=N/N(C)N)n1.N#CC1CCCCC1. The Morgan fingerprint density at radius 1 is 1.32 bits per heavy atom. The van der Waals surface area contributed by atoms with E-state index in [1.807, 2.05) is 25.2 Å². The summed E-state index contributed by atoms with van der Waals surface area (Å²) in [6.07, 6.45) is 6.82. The van der Waals surface area contributed by atoms with E-state index in [9.17, 15) is 4.79 Å². The summed E-state index contributed by atoms with van der Waals surface area (Å²) in [5.41, 5.74) is 7.49. The first kappa shape index (κ1) is 28.5. The molecular weight excluding hydrogens is 432 g/mol. The number of amidine groups is 1. The minimum atomic E-state index is 0.133. The average Bonchev–Trinajstić information content (AvgIpc) is 2.85. The van der Waals surface area contributed by atoms with Gasteiger partial charge in [0.15, 0.2) is 12.1 Å². The maximum Gasteiger partial charge on any atom is 0.171 e. The fourth-order valence-corrected chi connectivity index (χ4v) is 3.22. The normalized spacial score (nSPS) is 13.4. The van der Waals surface area contributed by atoms with Gasteiger partial charge in [-0.3, -0.25) is 4.79 Å². The van der Waals surface area contributed by atoms with Gasteiger partial charge in [-0.15, -0.1) is 5.10 Å². The van der Waals surface area contributed by atoms with Crippen LogP contribution in [0, 0.1) is 24.2 Å². The number of hydrazine groups is 1. The molecule has 184 valence electrons. The lowest BCUT2D eigenvalue weighted by Gasteiger charge is -2.13. The van der Waals surface area contributed by atoms with Gasteiger partial charge in [0.1, 0.15) is 23.0 Å². The van der Waals surface area contributed by atoms with Crippen LogP contribution >= 0.6 is 0 Å². The van der Waals surface area contributed by atoms with Crippen LogP contribution in [0.25, 0.3) is 0 Å². The number of hydrazone groups is 1. The third kappa shape index (κ3) is 11.4. The molecule has 34 heavy (non-hydrogen) atoms. The number of aldehydes is 1. The number of nitrogens with one attached hydrogen (secondary N) is 1. The molecule has 0 saturated heterocycles. The molecule has 10 heteroatoms. The van der Waals surface area contributed by atoms with Crippen LogP contribution in [-0.4, -0.2) is 48.4 Å². The Kier molecular flexibility index (Phi) is 13.5. The zero-order chi connectivity index (χ0) is 25.3. The highest BCUT2D eigenvalue weighted by molar-refractivity contribution is 5.96. The van der Waals surface area contributed by atoms with E-state index < -0.39 is 0 Å². The molecule has 3 rings (SSSR count). The van der Waals surface area contributed by atoms with Crippen molar-refractivity contribution in [2.45, 2.75) is 45.6 Å². The largest absolute Gasteiger partial charge is 0.497 e. The fourth-order valence-electron chi connectivity index (χ4n) is 3.22. The number of carbonyl (C=O) groups is 1. The second-order valence-electron chi connectivity index (χ2n) is 7.75. The Hall–Kier alpha value is -3.55. The van der Waals surface area contributed by atoms with E-state index in [0.717, 1.165) is 30.3 Å². The first-order chi connectivity index (χ1) is 16.3. The molecule has 1 aliphatic carbocycles. The lowest BCUT2D eigenvalue weighted by Crippen LogP contribution is -2.26. The summed E-state index contributed by atoms with van der Waals surface area (Å²) in [4.78, 5) is 18.5. The van der Waals surface area contributed by atoms with Gasteiger partial charge in [0, 0.05) is 19.5 Å². The van der Waals surface area contributed by atoms with E-state index in [1.54, 1.807) is 14.0 Å². The van der Waals surface area contributed by atoms with Crippen molar-refractivity contribution >= 4 is 12.1 Å². The Morgan fingerprint density at radius 2 is 2.03 bits per heavy atom. The van der Waals surface area contributed by atoms with Crippen LogP contribution in [0.4, 0.5) is 0 Å². The molecule has 0 radical (unpaired) electrons. The molecule has 1 heterocycles. The minimum Gasteiger partial charge on any atom is -0.497 e. The number of nitrogens with two attached hydrogens (primary N) is 2. The summed E-state index contributed by atoms with van der Waals surface area (Å²) in [5, 5.41) is 16.3. The maximum absolute atomic E-state index is 10.5. The van der Waals surface area contributed by atoms with Crippen molar-refractivity contribution < 1.29 is 9.53 Å². The van der Waals surface area contributed by atoms with Gasteiger partial charge in [-0.2, -0.15) is 5.26 Å². The van der Waals surface area contributed by atoms with Gasteiger partial charge in [0.05, 0.1) is 13.2 Å². The van der Waals surface area contributed by atoms with Crippen molar-refractivity contribution in [1.82, 2.24) is 20.4 Å². The first-order valence-corrected chi connectivity index (χ1v) is 11.1. The van der Waals surface area contributed by atoms with Crippen LogP contribution in [0.5, 0.6) is 5.75 Å². The summed E-state index contributed by atoms with van der Waals surface area (Å²) in [6.45, 7) is 2.55. The van der Waals surface area contributed by atoms with Gasteiger partial charge in [-0.25, -0.2) is 20.9 Å². The van der Waals surface area contributed by atoms with Gasteiger partial charge < -0.3 is 15.8 Å². The van der Waals surface area contributed by atoms with Crippen molar-refractivity contribution in [1.29, 1.82) is 5.26 Å². The highest BCUT2D eigenvalue weighted by Gasteiger charge is 2.10. The highest BCUT2D eigenvalue weighted by Crippen LogP contribution is 2.22. The summed E-state index contributed by atoms with van der Waals surface area (Å²) in [6, 6.07) is 11.8. The van der Waals surface area contributed by atoms with Crippen LogP contribution in [0.3, 0.4) is 0 Å². The molecule has 1 fully saturated rings. The van der Waals surface area contributed by atoms with Crippen molar-refractivity contribution in [3.63, 3.8) is 0 Å². The molecule has 0 unspecified atom stereocenters. The zero-order valence-electron chi connectivity index (χ0n) is 20.5. The number of hydrogen-bond acceptors (Lipinski definition) is 9. The quantitative estimate of drug-likeness (QED) is 0.191. The Labute approximate surface area is 202 Å². The maximum atomic E-state index is 10.5. The van der Waals surface area contributed by atoms with Gasteiger partial charge >= 0.3 is 0 Å². The number of rotatable bonds is 6. The van der Waals surface area contributed by atoms with E-state index in [-0.39, 0.29) is 11.5 Å². The smallest absolute Gasteiger partial charge is 0.171 e. The second kappa shape index (κ2) is 16.1. The molecule has 1 aromatic carbocycles. The van der Waals surface area contributed by atoms with Crippen LogP contribution in [0.1, 0.15) is 59.7 Å². The predicted molar refractivity (Wildman–Crippen MR) is 133 cm³/mol. The summed E-state index contributed by atoms with van der Waals surface area (Å²) in [7, 11) is 5.14. The van der Waals surface area contributed by atoms with Gasteiger partial charge in [-0.05, 0) is 50.6 Å². The lowest BCUT2D eigenvalue weighted by atomic mass is 9.91. The third-order valence-corrected chi connectivity index (χ3v) is 4.81. The molecule has 10 nitrogen and oxygen atoms in total. The highest BCUT2D eigenvalue weighted by atomic mass is 16.5. The number of nitriles is 1. The fraction of sp³-hybridized carbons (Fsp3) is 0.458. The average molecular weight is 469 g/mol. The summed E-state index contributed by atoms with van der Waals surface area (Å²) in [5.74, 6) is 7.18.